The van der Waals surface area contributed by atoms with E-state index in [0.717, 1.165) is 24.3 Å². The standard InChI is InChI=1S/C10H7FN2O5/c11-7-5-6(1-2-8(7)13(17)18)12-9(14)3-4-10(15)16/h1-5H,(H,12,14)(H,15,16)/b4-3+. The molecule has 18 heavy (non-hydrogen) atoms. The van der Waals surface area contributed by atoms with Gasteiger partial charge in [-0.15, -0.1) is 0 Å². The Morgan fingerprint density at radius 1 is 1.39 bits per heavy atom. The summed E-state index contributed by atoms with van der Waals surface area (Å²) in [6.45, 7) is 0. The van der Waals surface area contributed by atoms with E-state index in [0.29, 0.717) is 6.08 Å². The highest BCUT2D eigenvalue weighted by molar-refractivity contribution is 6.02. The number of carbonyl (C=O) groups excluding carboxylic acids is 1. The molecule has 0 bridgehead atoms. The van der Waals surface area contributed by atoms with Gasteiger partial charge in [0, 0.05) is 30.0 Å². The highest BCUT2D eigenvalue weighted by Crippen LogP contribution is 2.20. The lowest BCUT2D eigenvalue weighted by Crippen LogP contribution is -2.09. The van der Waals surface area contributed by atoms with Crippen LogP contribution in [0.5, 0.6) is 0 Å². The van der Waals surface area contributed by atoms with Crippen LogP contribution in [0.1, 0.15) is 0 Å². The van der Waals surface area contributed by atoms with Crippen molar-refractivity contribution in [3.05, 3.63) is 46.3 Å². The second-order valence-corrected chi connectivity index (χ2v) is 3.08. The summed E-state index contributed by atoms with van der Waals surface area (Å²) >= 11 is 0. The molecule has 1 amide bonds. The van der Waals surface area contributed by atoms with Crippen LogP contribution < -0.4 is 5.32 Å². The predicted octanol–water partition coefficient (Wildman–Crippen LogP) is 1.31. The van der Waals surface area contributed by atoms with Crippen molar-refractivity contribution in [3.8, 4) is 0 Å². The van der Waals surface area contributed by atoms with Gasteiger partial charge in [-0.25, -0.2) is 4.79 Å². The SMILES string of the molecule is O=C(O)/C=C/C(=O)Nc1ccc([N+](=O)[O-])c(F)c1. The van der Waals surface area contributed by atoms with Crippen molar-refractivity contribution >= 4 is 23.3 Å². The highest BCUT2D eigenvalue weighted by Gasteiger charge is 2.14. The topological polar surface area (TPSA) is 110 Å². The van der Waals surface area contributed by atoms with E-state index < -0.39 is 28.3 Å². The average molecular weight is 254 g/mol. The highest BCUT2D eigenvalue weighted by atomic mass is 19.1. The summed E-state index contributed by atoms with van der Waals surface area (Å²) in [6.07, 6.45) is 1.35. The number of nitro benzene ring substituents is 1. The molecule has 0 unspecified atom stereocenters. The van der Waals surface area contributed by atoms with Gasteiger partial charge in [-0.1, -0.05) is 0 Å². The summed E-state index contributed by atoms with van der Waals surface area (Å²) in [5, 5.41) is 20.8. The minimum Gasteiger partial charge on any atom is -0.478 e. The lowest BCUT2D eigenvalue weighted by molar-refractivity contribution is -0.387. The third kappa shape index (κ3) is 3.67. The number of rotatable bonds is 4. The maximum Gasteiger partial charge on any atom is 0.328 e. The number of nitro groups is 1. The van der Waals surface area contributed by atoms with Crippen molar-refractivity contribution in [2.24, 2.45) is 0 Å². The number of carbonyl (C=O) groups is 2. The molecule has 0 fully saturated rings. The number of anilines is 1. The number of nitrogens with zero attached hydrogens (tertiary/aromatic N) is 1. The molecule has 0 aromatic heterocycles. The third-order valence-corrected chi connectivity index (χ3v) is 1.79. The van der Waals surface area contributed by atoms with Gasteiger partial charge in [0.2, 0.25) is 11.7 Å². The van der Waals surface area contributed by atoms with Gasteiger partial charge in [-0.2, -0.15) is 4.39 Å². The molecule has 94 valence electrons. The van der Waals surface area contributed by atoms with E-state index in [2.05, 4.69) is 5.32 Å². The third-order valence-electron chi connectivity index (χ3n) is 1.79. The smallest absolute Gasteiger partial charge is 0.328 e. The van der Waals surface area contributed by atoms with Crippen molar-refractivity contribution in [3.63, 3.8) is 0 Å². The second kappa shape index (κ2) is 5.53. The molecule has 0 aliphatic carbocycles. The van der Waals surface area contributed by atoms with Gasteiger partial charge >= 0.3 is 11.7 Å². The lowest BCUT2D eigenvalue weighted by Gasteiger charge is -2.02. The summed E-state index contributed by atoms with van der Waals surface area (Å²) in [7, 11) is 0. The summed E-state index contributed by atoms with van der Waals surface area (Å²) < 4.78 is 13.2. The molecule has 0 atom stereocenters. The van der Waals surface area contributed by atoms with Gasteiger partial charge < -0.3 is 10.4 Å². The van der Waals surface area contributed by atoms with Gasteiger partial charge in [0.1, 0.15) is 0 Å². The van der Waals surface area contributed by atoms with Crippen LogP contribution in [0.25, 0.3) is 0 Å². The first-order chi connectivity index (χ1) is 8.40. The van der Waals surface area contributed by atoms with Crippen molar-refractivity contribution in [1.82, 2.24) is 0 Å². The minimum absolute atomic E-state index is 0.0156. The molecule has 8 heteroatoms. The second-order valence-electron chi connectivity index (χ2n) is 3.08. The maximum absolute atomic E-state index is 13.2. The molecule has 2 N–H and O–H groups in total. The molecule has 1 aromatic carbocycles. The summed E-state index contributed by atoms with van der Waals surface area (Å²) in [4.78, 5) is 30.7. The Bertz CT molecular complexity index is 541. The van der Waals surface area contributed by atoms with Gasteiger partial charge in [-0.3, -0.25) is 14.9 Å². The normalized spacial score (nSPS) is 10.3. The van der Waals surface area contributed by atoms with Gasteiger partial charge in [0.05, 0.1) is 4.92 Å². The predicted molar refractivity (Wildman–Crippen MR) is 58.5 cm³/mol. The molecule has 1 rings (SSSR count). The Labute approximate surface area is 99.7 Å². The Hall–Kier alpha value is -2.77. The van der Waals surface area contributed by atoms with E-state index in [9.17, 15) is 24.1 Å². The molecule has 0 saturated carbocycles. The number of hydrogen-bond acceptors (Lipinski definition) is 4. The number of aliphatic carboxylic acids is 1. The largest absolute Gasteiger partial charge is 0.478 e. The summed E-state index contributed by atoms with van der Waals surface area (Å²) in [5.41, 5.74) is -0.729. The van der Waals surface area contributed by atoms with Gasteiger partial charge in [0.15, 0.2) is 0 Å². The first kappa shape index (κ1) is 13.3. The molecule has 0 spiro atoms. The van der Waals surface area contributed by atoms with Crippen LogP contribution in [-0.2, 0) is 9.59 Å². The zero-order chi connectivity index (χ0) is 13.7. The van der Waals surface area contributed by atoms with Crippen LogP contribution in [0.2, 0.25) is 0 Å². The molecular weight excluding hydrogens is 247 g/mol. The Morgan fingerprint density at radius 2 is 2.06 bits per heavy atom. The van der Waals surface area contributed by atoms with E-state index in [1.54, 1.807) is 0 Å². The molecule has 0 saturated heterocycles. The Morgan fingerprint density at radius 3 is 2.56 bits per heavy atom. The Kier molecular flexibility index (Phi) is 4.08. The molecule has 0 heterocycles. The quantitative estimate of drug-likeness (QED) is 0.478. The van der Waals surface area contributed by atoms with Crippen molar-refractivity contribution in [1.29, 1.82) is 0 Å². The number of carboxylic acids is 1. The monoisotopic (exact) mass is 254 g/mol. The van der Waals surface area contributed by atoms with E-state index >= 15 is 0 Å². The molecule has 7 nitrogen and oxygen atoms in total. The molecule has 0 aliphatic heterocycles. The van der Waals surface area contributed by atoms with E-state index in [1.807, 2.05) is 0 Å². The lowest BCUT2D eigenvalue weighted by atomic mass is 10.2. The van der Waals surface area contributed by atoms with Crippen LogP contribution in [-0.4, -0.2) is 21.9 Å². The molecular formula is C10H7FN2O5. The van der Waals surface area contributed by atoms with Gasteiger partial charge in [0.25, 0.3) is 0 Å². The fourth-order valence-electron chi connectivity index (χ4n) is 1.06. The number of hydrogen-bond donors (Lipinski definition) is 2. The number of nitrogens with one attached hydrogen (secondary N) is 1. The van der Waals surface area contributed by atoms with E-state index in [4.69, 9.17) is 5.11 Å². The van der Waals surface area contributed by atoms with Crippen LogP contribution in [0, 0.1) is 15.9 Å². The van der Waals surface area contributed by atoms with E-state index in [1.165, 1.54) is 0 Å². The fraction of sp³-hybridized carbons (Fsp3) is 0. The fourth-order valence-corrected chi connectivity index (χ4v) is 1.06. The van der Waals surface area contributed by atoms with Crippen molar-refractivity contribution < 1.29 is 24.0 Å². The summed E-state index contributed by atoms with van der Waals surface area (Å²) in [5.74, 6) is -3.19. The number of carboxylic acid groups (broad SMARTS) is 1. The molecule has 0 radical (unpaired) electrons. The van der Waals surface area contributed by atoms with Crippen LogP contribution in [0.15, 0.2) is 30.4 Å². The average Bonchev–Trinajstić information content (AvgIpc) is 2.26. The van der Waals surface area contributed by atoms with Crippen molar-refractivity contribution in [2.45, 2.75) is 0 Å². The first-order valence-electron chi connectivity index (χ1n) is 4.56. The zero-order valence-electron chi connectivity index (χ0n) is 8.79. The minimum atomic E-state index is -1.31. The van der Waals surface area contributed by atoms with Gasteiger partial charge in [-0.05, 0) is 6.07 Å². The van der Waals surface area contributed by atoms with Crippen LogP contribution in [0.4, 0.5) is 15.8 Å². The number of benzene rings is 1. The van der Waals surface area contributed by atoms with E-state index in [-0.39, 0.29) is 5.69 Å². The molecule has 1 aromatic rings. The van der Waals surface area contributed by atoms with Crippen LogP contribution in [0.3, 0.4) is 0 Å². The maximum atomic E-state index is 13.2. The zero-order valence-corrected chi connectivity index (χ0v) is 8.79. The van der Waals surface area contributed by atoms with Crippen molar-refractivity contribution in [2.75, 3.05) is 5.32 Å². The molecule has 0 aliphatic rings. The Balaban J connectivity index is 2.81. The first-order valence-corrected chi connectivity index (χ1v) is 4.56. The number of amides is 1. The van der Waals surface area contributed by atoms with Crippen LogP contribution >= 0.6 is 0 Å². The summed E-state index contributed by atoms with van der Waals surface area (Å²) in [6, 6.07) is 2.80. The number of halogens is 1.